The van der Waals surface area contributed by atoms with Crippen LogP contribution in [0, 0.1) is 18.3 Å². The summed E-state index contributed by atoms with van der Waals surface area (Å²) in [5, 5.41) is 9.20. The van der Waals surface area contributed by atoms with Gasteiger partial charge in [0, 0.05) is 0 Å². The molecule has 0 radical (unpaired) electrons. The van der Waals surface area contributed by atoms with Gasteiger partial charge in [-0.1, -0.05) is 23.8 Å². The van der Waals surface area contributed by atoms with E-state index in [0.717, 1.165) is 16.7 Å². The van der Waals surface area contributed by atoms with E-state index in [9.17, 15) is 10.1 Å². The lowest BCUT2D eigenvalue weighted by molar-refractivity contribution is -0.122. The number of amides is 1. The van der Waals surface area contributed by atoms with E-state index >= 15 is 0 Å². The van der Waals surface area contributed by atoms with Crippen LogP contribution in [-0.2, 0) is 15.6 Å². The number of hydrogen-bond donors (Lipinski definition) is 1. The number of nitrogens with two attached hydrogens (primary N) is 1. The molecule has 3 heteroatoms. The predicted octanol–water partition coefficient (Wildman–Crippen LogP) is 2.56. The number of carbonyl (C=O) groups is 1. The molecular formula is C15H20N2O. The van der Waals surface area contributed by atoms with Gasteiger partial charge in [0.25, 0.3) is 0 Å². The van der Waals surface area contributed by atoms with Crippen molar-refractivity contribution in [3.05, 3.63) is 34.9 Å². The van der Waals surface area contributed by atoms with Crippen LogP contribution < -0.4 is 5.73 Å². The molecule has 0 saturated heterocycles. The zero-order valence-corrected chi connectivity index (χ0v) is 11.7. The van der Waals surface area contributed by atoms with Crippen molar-refractivity contribution in [1.82, 2.24) is 0 Å². The minimum absolute atomic E-state index is 0.367. The third-order valence-corrected chi connectivity index (χ3v) is 3.42. The largest absolute Gasteiger partial charge is 0.369 e. The van der Waals surface area contributed by atoms with Crippen LogP contribution in [-0.4, -0.2) is 5.91 Å². The average Bonchev–Trinajstić information content (AvgIpc) is 2.28. The van der Waals surface area contributed by atoms with Crippen molar-refractivity contribution in [2.24, 2.45) is 5.73 Å². The van der Waals surface area contributed by atoms with Crippen molar-refractivity contribution in [3.63, 3.8) is 0 Å². The Balaban J connectivity index is 3.44. The van der Waals surface area contributed by atoms with Gasteiger partial charge in [-0.3, -0.25) is 4.79 Å². The first-order valence-electron chi connectivity index (χ1n) is 5.95. The summed E-state index contributed by atoms with van der Waals surface area (Å²) in [6, 6.07) is 8.10. The summed E-state index contributed by atoms with van der Waals surface area (Å²) < 4.78 is 0. The molecule has 0 aliphatic heterocycles. The number of rotatable bonds is 3. The average molecular weight is 244 g/mol. The molecule has 0 aliphatic rings. The van der Waals surface area contributed by atoms with Crippen molar-refractivity contribution in [2.75, 3.05) is 0 Å². The number of primary amides is 1. The van der Waals surface area contributed by atoms with E-state index in [2.05, 4.69) is 6.07 Å². The number of benzene rings is 1. The minimum atomic E-state index is -0.730. The lowest BCUT2D eigenvalue weighted by Gasteiger charge is -2.25. The summed E-state index contributed by atoms with van der Waals surface area (Å²) in [6.07, 6.45) is 0. The molecule has 0 atom stereocenters. The second-order valence-corrected chi connectivity index (χ2v) is 5.81. The summed E-state index contributed by atoms with van der Waals surface area (Å²) in [5.41, 5.74) is 6.93. The van der Waals surface area contributed by atoms with Crippen molar-refractivity contribution >= 4 is 5.91 Å². The van der Waals surface area contributed by atoms with Crippen molar-refractivity contribution in [2.45, 2.75) is 45.4 Å². The molecular weight excluding hydrogens is 224 g/mol. The normalized spacial score (nSPS) is 12.0. The second-order valence-electron chi connectivity index (χ2n) is 5.81. The molecule has 0 heterocycles. The Kier molecular flexibility index (Phi) is 3.52. The minimum Gasteiger partial charge on any atom is -0.369 e. The Labute approximate surface area is 109 Å². The molecule has 0 saturated carbocycles. The third kappa shape index (κ3) is 2.53. The van der Waals surface area contributed by atoms with Gasteiger partial charge in [-0.2, -0.15) is 5.26 Å². The molecule has 96 valence electrons. The van der Waals surface area contributed by atoms with E-state index in [-0.39, 0.29) is 5.91 Å². The predicted molar refractivity (Wildman–Crippen MR) is 72.0 cm³/mol. The Hall–Kier alpha value is -1.82. The summed E-state index contributed by atoms with van der Waals surface area (Å²) >= 11 is 0. The maximum Gasteiger partial charge on any atom is 0.227 e. The van der Waals surface area contributed by atoms with Crippen LogP contribution in [0.3, 0.4) is 0 Å². The zero-order chi connectivity index (χ0) is 14.1. The van der Waals surface area contributed by atoms with Crippen LogP contribution in [0.15, 0.2) is 18.2 Å². The van der Waals surface area contributed by atoms with E-state index in [4.69, 9.17) is 5.73 Å². The molecule has 1 rings (SSSR count). The highest BCUT2D eigenvalue weighted by molar-refractivity contribution is 5.85. The van der Waals surface area contributed by atoms with E-state index in [1.54, 1.807) is 13.8 Å². The molecule has 0 aromatic heterocycles. The van der Waals surface area contributed by atoms with Gasteiger partial charge < -0.3 is 5.73 Å². The molecule has 0 fully saturated rings. The monoisotopic (exact) mass is 244 g/mol. The lowest BCUT2D eigenvalue weighted by Crippen LogP contribution is -2.35. The fraction of sp³-hybridized carbons (Fsp3) is 0.467. The molecule has 1 aromatic carbocycles. The molecule has 0 unspecified atom stereocenters. The van der Waals surface area contributed by atoms with E-state index in [0.29, 0.717) is 0 Å². The van der Waals surface area contributed by atoms with E-state index in [1.165, 1.54) is 0 Å². The molecule has 3 nitrogen and oxygen atoms in total. The summed E-state index contributed by atoms with van der Waals surface area (Å²) in [4.78, 5) is 11.5. The van der Waals surface area contributed by atoms with E-state index < -0.39 is 10.8 Å². The molecule has 2 N–H and O–H groups in total. The molecule has 0 bridgehead atoms. The Morgan fingerprint density at radius 2 is 1.67 bits per heavy atom. The van der Waals surface area contributed by atoms with Crippen LogP contribution >= 0.6 is 0 Å². The Morgan fingerprint density at radius 1 is 1.17 bits per heavy atom. The van der Waals surface area contributed by atoms with E-state index in [1.807, 2.05) is 39.0 Å². The first-order valence-corrected chi connectivity index (χ1v) is 5.95. The molecule has 1 amide bonds. The maximum atomic E-state index is 11.5. The second kappa shape index (κ2) is 4.45. The van der Waals surface area contributed by atoms with Crippen LogP contribution in [0.2, 0.25) is 0 Å². The lowest BCUT2D eigenvalue weighted by atomic mass is 9.78. The van der Waals surface area contributed by atoms with Crippen LogP contribution in [0.25, 0.3) is 0 Å². The molecule has 1 aromatic rings. The maximum absolute atomic E-state index is 11.5. The fourth-order valence-electron chi connectivity index (χ4n) is 1.71. The van der Waals surface area contributed by atoms with Gasteiger partial charge in [0.2, 0.25) is 5.91 Å². The van der Waals surface area contributed by atoms with Crippen LogP contribution in [0.4, 0.5) is 0 Å². The Morgan fingerprint density at radius 3 is 2.11 bits per heavy atom. The fourth-order valence-corrected chi connectivity index (χ4v) is 1.71. The van der Waals surface area contributed by atoms with Gasteiger partial charge >= 0.3 is 0 Å². The Bertz CT molecular complexity index is 522. The highest BCUT2D eigenvalue weighted by atomic mass is 16.1. The van der Waals surface area contributed by atoms with Gasteiger partial charge in [0.05, 0.1) is 16.9 Å². The third-order valence-electron chi connectivity index (χ3n) is 3.42. The molecule has 0 spiro atoms. The van der Waals surface area contributed by atoms with Gasteiger partial charge in [-0.05, 0) is 45.7 Å². The number of nitriles is 1. The van der Waals surface area contributed by atoms with Crippen molar-refractivity contribution in [3.8, 4) is 6.07 Å². The highest BCUT2D eigenvalue weighted by Gasteiger charge is 2.29. The summed E-state index contributed by atoms with van der Waals surface area (Å²) in [6.45, 7) is 9.28. The quantitative estimate of drug-likeness (QED) is 0.887. The number of nitrogens with zero attached hydrogens (tertiary/aromatic N) is 1. The van der Waals surface area contributed by atoms with Crippen molar-refractivity contribution in [1.29, 1.82) is 5.26 Å². The number of carbonyl (C=O) groups excluding carboxylic acids is 1. The molecule has 0 aliphatic carbocycles. The summed E-state index contributed by atoms with van der Waals surface area (Å²) in [7, 11) is 0. The first kappa shape index (κ1) is 14.2. The SMILES string of the molecule is Cc1cc(C(C)(C)C#N)cc(C(C)(C)C(N)=O)c1. The number of hydrogen-bond acceptors (Lipinski definition) is 2. The van der Waals surface area contributed by atoms with Gasteiger partial charge in [0.1, 0.15) is 0 Å². The van der Waals surface area contributed by atoms with Crippen molar-refractivity contribution < 1.29 is 4.79 Å². The smallest absolute Gasteiger partial charge is 0.227 e. The van der Waals surface area contributed by atoms with Crippen LogP contribution in [0.5, 0.6) is 0 Å². The highest BCUT2D eigenvalue weighted by Crippen LogP contribution is 2.30. The van der Waals surface area contributed by atoms with Gasteiger partial charge in [-0.15, -0.1) is 0 Å². The first-order chi connectivity index (χ1) is 8.11. The van der Waals surface area contributed by atoms with Gasteiger partial charge in [0.15, 0.2) is 0 Å². The standard InChI is InChI=1S/C15H20N2O/c1-10-6-11(14(2,3)9-16)8-12(7-10)15(4,5)13(17)18/h6-8H,1-5H3,(H2,17,18). The van der Waals surface area contributed by atoms with Gasteiger partial charge in [-0.25, -0.2) is 0 Å². The van der Waals surface area contributed by atoms with Crippen LogP contribution in [0.1, 0.15) is 44.4 Å². The zero-order valence-electron chi connectivity index (χ0n) is 11.7. The number of aryl methyl sites for hydroxylation is 1. The summed E-state index contributed by atoms with van der Waals surface area (Å²) in [5.74, 6) is -0.367. The molecule has 18 heavy (non-hydrogen) atoms. The topological polar surface area (TPSA) is 66.9 Å².